The van der Waals surface area contributed by atoms with Gasteiger partial charge < -0.3 is 25.6 Å². The molecule has 2 aliphatic rings. The van der Waals surface area contributed by atoms with Crippen LogP contribution in [0.5, 0.6) is 5.75 Å². The van der Waals surface area contributed by atoms with Crippen LogP contribution in [0.25, 0.3) is 0 Å². The van der Waals surface area contributed by atoms with Crippen LogP contribution in [-0.2, 0) is 27.8 Å². The van der Waals surface area contributed by atoms with Crippen LogP contribution in [-0.4, -0.2) is 98.4 Å². The summed E-state index contributed by atoms with van der Waals surface area (Å²) in [7, 11) is -3.87. The maximum Gasteiger partial charge on any atom is 0.258 e. The largest absolute Gasteiger partial charge is 0.482 e. The molecular formula is C25H34N4O6S. The van der Waals surface area contributed by atoms with Crippen LogP contribution in [0.3, 0.4) is 0 Å². The highest BCUT2D eigenvalue weighted by atomic mass is 32.2. The van der Waals surface area contributed by atoms with E-state index in [0.29, 0.717) is 13.1 Å². The quantitative estimate of drug-likeness (QED) is 0.333. The van der Waals surface area contributed by atoms with Gasteiger partial charge in [-0.1, -0.05) is 36.4 Å². The first kappa shape index (κ1) is 26.5. The Bertz CT molecular complexity index is 1140. The van der Waals surface area contributed by atoms with Crippen molar-refractivity contribution in [3.05, 3.63) is 59.7 Å². The first-order valence-corrected chi connectivity index (χ1v) is 13.6. The summed E-state index contributed by atoms with van der Waals surface area (Å²) in [6.45, 7) is 2.44. The van der Waals surface area contributed by atoms with Crippen LogP contribution in [0, 0.1) is 0 Å². The number of sulfonamides is 1. The molecule has 196 valence electrons. The molecule has 4 rings (SSSR count). The van der Waals surface area contributed by atoms with Crippen molar-refractivity contribution in [2.45, 2.75) is 30.0 Å². The van der Waals surface area contributed by atoms with E-state index in [-0.39, 0.29) is 49.5 Å². The Morgan fingerprint density at radius 1 is 1.14 bits per heavy atom. The Morgan fingerprint density at radius 3 is 2.69 bits per heavy atom. The van der Waals surface area contributed by atoms with Gasteiger partial charge in [-0.15, -0.1) is 0 Å². The standard InChI is InChI=1S/C25H34N4O6S/c30-17-21-15-29(12-10-26-21)36(33,34)24-8-4-3-7-23(24)35-18-25(32)27-13-22(31)16-28-11-9-19-5-1-2-6-20(19)14-28/h1-8,21-22,26,30-31H,9-18H2,(H,27,32). The Hall–Kier alpha value is -2.54. The predicted octanol–water partition coefficient (Wildman–Crippen LogP) is -0.444. The number of hydrogen-bond acceptors (Lipinski definition) is 8. The molecule has 0 bridgehead atoms. The van der Waals surface area contributed by atoms with E-state index in [2.05, 4.69) is 27.7 Å². The minimum atomic E-state index is -3.87. The highest BCUT2D eigenvalue weighted by Gasteiger charge is 2.32. The zero-order chi connectivity index (χ0) is 25.5. The number of carbonyl (C=O) groups excluding carboxylic acids is 1. The number of fused-ring (bicyclic) bond motifs is 1. The smallest absolute Gasteiger partial charge is 0.258 e. The van der Waals surface area contributed by atoms with Gasteiger partial charge in [-0.05, 0) is 29.7 Å². The van der Waals surface area contributed by atoms with E-state index in [1.54, 1.807) is 12.1 Å². The first-order chi connectivity index (χ1) is 17.4. The van der Waals surface area contributed by atoms with Gasteiger partial charge in [0.1, 0.15) is 10.6 Å². The Labute approximate surface area is 211 Å². The number of carbonyl (C=O) groups is 1. The summed E-state index contributed by atoms with van der Waals surface area (Å²) >= 11 is 0. The summed E-state index contributed by atoms with van der Waals surface area (Å²) in [5.74, 6) is -0.369. The van der Waals surface area contributed by atoms with Gasteiger partial charge in [-0.3, -0.25) is 9.69 Å². The third-order valence-corrected chi connectivity index (χ3v) is 8.38. The maximum absolute atomic E-state index is 13.2. The number of nitrogens with one attached hydrogen (secondary N) is 2. The molecule has 2 aliphatic heterocycles. The van der Waals surface area contributed by atoms with Crippen molar-refractivity contribution >= 4 is 15.9 Å². The van der Waals surface area contributed by atoms with Crippen molar-refractivity contribution in [2.75, 3.05) is 52.5 Å². The molecule has 10 nitrogen and oxygen atoms in total. The Kier molecular flexibility index (Phi) is 8.94. The lowest BCUT2D eigenvalue weighted by atomic mass is 10.00. The summed E-state index contributed by atoms with van der Waals surface area (Å²) in [6.07, 6.45) is 0.194. The number of ether oxygens (including phenoxy) is 1. The second-order valence-corrected chi connectivity index (χ2v) is 11.1. The number of hydrogen-bond donors (Lipinski definition) is 4. The summed E-state index contributed by atoms with van der Waals surface area (Å²) in [5.41, 5.74) is 2.59. The minimum absolute atomic E-state index is 0.0261. The van der Waals surface area contributed by atoms with Crippen LogP contribution < -0.4 is 15.4 Å². The van der Waals surface area contributed by atoms with E-state index < -0.39 is 22.0 Å². The van der Waals surface area contributed by atoms with Gasteiger partial charge >= 0.3 is 0 Å². The number of rotatable bonds is 10. The van der Waals surface area contributed by atoms with Gasteiger partial charge in [0.25, 0.3) is 5.91 Å². The molecule has 2 aromatic rings. The number of benzene rings is 2. The molecule has 1 amide bonds. The fourth-order valence-electron chi connectivity index (χ4n) is 4.56. The van der Waals surface area contributed by atoms with Crippen LogP contribution in [0.2, 0.25) is 0 Å². The number of nitrogens with zero attached hydrogens (tertiary/aromatic N) is 2. The molecule has 0 spiro atoms. The maximum atomic E-state index is 13.2. The van der Waals surface area contributed by atoms with E-state index in [1.165, 1.54) is 27.6 Å². The Balaban J connectivity index is 1.27. The van der Waals surface area contributed by atoms with Crippen LogP contribution in [0.4, 0.5) is 0 Å². The fraction of sp³-hybridized carbons (Fsp3) is 0.480. The average Bonchev–Trinajstić information content (AvgIpc) is 2.90. The number of piperazine rings is 1. The van der Waals surface area contributed by atoms with Crippen LogP contribution >= 0.6 is 0 Å². The molecule has 11 heteroatoms. The molecule has 0 radical (unpaired) electrons. The van der Waals surface area contributed by atoms with E-state index in [4.69, 9.17) is 4.74 Å². The van der Waals surface area contributed by atoms with Crippen molar-refractivity contribution in [3.8, 4) is 5.75 Å². The first-order valence-electron chi connectivity index (χ1n) is 12.2. The van der Waals surface area contributed by atoms with Gasteiger partial charge in [0.15, 0.2) is 6.61 Å². The average molecular weight is 519 g/mol. The molecular weight excluding hydrogens is 484 g/mol. The van der Waals surface area contributed by atoms with Crippen molar-refractivity contribution < 1.29 is 28.2 Å². The van der Waals surface area contributed by atoms with E-state index in [9.17, 15) is 23.4 Å². The fourth-order valence-corrected chi connectivity index (χ4v) is 6.17. The van der Waals surface area contributed by atoms with E-state index in [0.717, 1.165) is 19.5 Å². The monoisotopic (exact) mass is 518 g/mol. The van der Waals surface area contributed by atoms with Crippen molar-refractivity contribution in [3.63, 3.8) is 0 Å². The van der Waals surface area contributed by atoms with Crippen LogP contribution in [0.1, 0.15) is 11.1 Å². The second-order valence-electron chi connectivity index (χ2n) is 9.14. The van der Waals surface area contributed by atoms with E-state index in [1.807, 2.05) is 12.1 Å². The highest BCUT2D eigenvalue weighted by molar-refractivity contribution is 7.89. The molecule has 1 saturated heterocycles. The second kappa shape index (κ2) is 12.1. The number of β-amino-alcohol motifs (C(OH)–C–C–N with tert-alkyl or cyclic N) is 1. The van der Waals surface area contributed by atoms with Gasteiger partial charge in [0, 0.05) is 51.9 Å². The van der Waals surface area contributed by atoms with E-state index >= 15 is 0 Å². The van der Waals surface area contributed by atoms with Crippen molar-refractivity contribution in [2.24, 2.45) is 0 Å². The van der Waals surface area contributed by atoms with Gasteiger partial charge in [0.05, 0.1) is 12.7 Å². The SMILES string of the molecule is O=C(COc1ccccc1S(=O)(=O)N1CCNC(CO)C1)NCC(O)CN1CCc2ccccc2C1. The lowest BCUT2D eigenvalue weighted by Gasteiger charge is -2.32. The molecule has 2 aromatic carbocycles. The van der Waals surface area contributed by atoms with Gasteiger partial charge in [0.2, 0.25) is 10.0 Å². The zero-order valence-electron chi connectivity index (χ0n) is 20.2. The molecule has 0 saturated carbocycles. The highest BCUT2D eigenvalue weighted by Crippen LogP contribution is 2.27. The van der Waals surface area contributed by atoms with Crippen molar-refractivity contribution in [1.82, 2.24) is 19.8 Å². The minimum Gasteiger partial charge on any atom is -0.482 e. The number of amides is 1. The predicted molar refractivity (Wildman–Crippen MR) is 134 cm³/mol. The zero-order valence-corrected chi connectivity index (χ0v) is 21.0. The molecule has 2 heterocycles. The number of para-hydroxylation sites is 1. The Morgan fingerprint density at radius 2 is 1.89 bits per heavy atom. The normalized spacial score (nSPS) is 19.9. The molecule has 1 fully saturated rings. The molecule has 4 N–H and O–H groups in total. The third-order valence-electron chi connectivity index (χ3n) is 6.48. The number of aliphatic hydroxyl groups is 2. The lowest BCUT2D eigenvalue weighted by Crippen LogP contribution is -2.53. The molecule has 0 aliphatic carbocycles. The number of aliphatic hydroxyl groups excluding tert-OH is 2. The summed E-state index contributed by atoms with van der Waals surface area (Å²) in [5, 5.41) is 25.5. The summed E-state index contributed by atoms with van der Waals surface area (Å²) < 4.78 is 33.3. The third kappa shape index (κ3) is 6.61. The molecule has 36 heavy (non-hydrogen) atoms. The molecule has 0 aromatic heterocycles. The lowest BCUT2D eigenvalue weighted by molar-refractivity contribution is -0.123. The molecule has 2 atom stereocenters. The topological polar surface area (TPSA) is 131 Å². The summed E-state index contributed by atoms with van der Waals surface area (Å²) in [4.78, 5) is 14.5. The molecule has 2 unspecified atom stereocenters. The summed E-state index contributed by atoms with van der Waals surface area (Å²) in [6, 6.07) is 14.1. The van der Waals surface area contributed by atoms with Crippen LogP contribution in [0.15, 0.2) is 53.4 Å². The van der Waals surface area contributed by atoms with Gasteiger partial charge in [-0.25, -0.2) is 8.42 Å². The van der Waals surface area contributed by atoms with Gasteiger partial charge in [-0.2, -0.15) is 4.31 Å². The van der Waals surface area contributed by atoms with Crippen molar-refractivity contribution in [1.29, 1.82) is 0 Å².